The molecule has 0 N–H and O–H groups in total. The van der Waals surface area contributed by atoms with Crippen molar-refractivity contribution in [3.8, 4) is 22.3 Å². The van der Waals surface area contributed by atoms with Gasteiger partial charge in [-0.2, -0.15) is 0 Å². The highest BCUT2D eigenvalue weighted by Crippen LogP contribution is 2.64. The Bertz CT molecular complexity index is 2660. The third-order valence-electron chi connectivity index (χ3n) is 11.9. The summed E-state index contributed by atoms with van der Waals surface area (Å²) in [7, 11) is 0. The maximum atomic E-state index is 2.47. The maximum absolute atomic E-state index is 2.47. The number of fused-ring (bicyclic) bond motifs is 7. The molecule has 2 aliphatic carbocycles. The predicted molar refractivity (Wildman–Crippen MR) is 236 cm³/mol. The van der Waals surface area contributed by atoms with E-state index in [0.717, 1.165) is 34.1 Å². The molecule has 56 heavy (non-hydrogen) atoms. The van der Waals surface area contributed by atoms with E-state index >= 15 is 0 Å². The summed E-state index contributed by atoms with van der Waals surface area (Å²) in [5.74, 6) is 0. The number of allylic oxidation sites excluding steroid dienone is 1. The molecule has 10 rings (SSSR count). The Morgan fingerprint density at radius 2 is 0.750 bits per heavy atom. The molecule has 0 radical (unpaired) electrons. The second kappa shape index (κ2) is 13.4. The molecule has 0 bridgehead atoms. The van der Waals surface area contributed by atoms with Crippen LogP contribution in [0.25, 0.3) is 28.3 Å². The van der Waals surface area contributed by atoms with Gasteiger partial charge >= 0.3 is 0 Å². The molecule has 1 spiro atoms. The van der Waals surface area contributed by atoms with E-state index in [1.165, 1.54) is 44.5 Å². The molecule has 8 aromatic rings. The minimum absolute atomic E-state index is 0.171. The van der Waals surface area contributed by atoms with Gasteiger partial charge in [0.05, 0.1) is 5.41 Å². The number of hydrogen-bond acceptors (Lipinski definition) is 2. The lowest BCUT2D eigenvalue weighted by Crippen LogP contribution is -2.43. The van der Waals surface area contributed by atoms with Gasteiger partial charge in [-0.25, -0.2) is 0 Å². The van der Waals surface area contributed by atoms with E-state index in [1.54, 1.807) is 0 Å². The third-order valence-corrected chi connectivity index (χ3v) is 11.9. The SMILES string of the molecule is CC1(C)C=Cc2ccccc2C12c1ccccc1-c1ccc(N(c3ccccc3)c3ccc(-c4ccc(N(c5ccccc5)c5ccccc5)cc4)cc3)cc12. The van der Waals surface area contributed by atoms with Crippen molar-refractivity contribution in [3.63, 3.8) is 0 Å². The molecule has 1 atom stereocenters. The van der Waals surface area contributed by atoms with Crippen LogP contribution in [-0.4, -0.2) is 0 Å². The van der Waals surface area contributed by atoms with Gasteiger partial charge in [0.1, 0.15) is 0 Å². The summed E-state index contributed by atoms with van der Waals surface area (Å²) in [4.78, 5) is 4.70. The van der Waals surface area contributed by atoms with Gasteiger partial charge in [-0.05, 0) is 117 Å². The number of benzene rings is 8. The lowest BCUT2D eigenvalue weighted by molar-refractivity contribution is 0.323. The lowest BCUT2D eigenvalue weighted by Gasteiger charge is -2.48. The Kier molecular flexibility index (Phi) is 8.08. The average molecular weight is 719 g/mol. The van der Waals surface area contributed by atoms with Crippen LogP contribution in [0.3, 0.4) is 0 Å². The van der Waals surface area contributed by atoms with Crippen molar-refractivity contribution < 1.29 is 0 Å². The van der Waals surface area contributed by atoms with Crippen molar-refractivity contribution in [2.45, 2.75) is 19.3 Å². The summed E-state index contributed by atoms with van der Waals surface area (Å²) in [5, 5.41) is 0. The second-order valence-electron chi connectivity index (χ2n) is 15.4. The van der Waals surface area contributed by atoms with E-state index in [-0.39, 0.29) is 10.8 Å². The van der Waals surface area contributed by atoms with Crippen LogP contribution in [0, 0.1) is 5.41 Å². The second-order valence-corrected chi connectivity index (χ2v) is 15.4. The van der Waals surface area contributed by atoms with Crippen molar-refractivity contribution in [1.82, 2.24) is 0 Å². The van der Waals surface area contributed by atoms with E-state index in [9.17, 15) is 0 Å². The summed E-state index contributed by atoms with van der Waals surface area (Å²) >= 11 is 0. The standard InChI is InChI=1S/C54H42N2/c1-53(2)37-36-41-16-12-14-24-50(41)54(53)51-25-15-13-23-48(51)49-35-34-47(38-52(49)54)56(44-21-10-5-11-22-44)46-32-28-40(29-33-46)39-26-30-45(31-27-39)55(42-17-6-3-7-18-42)43-19-8-4-9-20-43/h3-38H,1-2H3. The number of nitrogens with zero attached hydrogens (tertiary/aromatic N) is 2. The molecule has 1 unspecified atom stereocenters. The van der Waals surface area contributed by atoms with Crippen LogP contribution in [0.5, 0.6) is 0 Å². The number of rotatable bonds is 7. The average Bonchev–Trinajstić information content (AvgIpc) is 3.55. The lowest BCUT2D eigenvalue weighted by atomic mass is 9.54. The van der Waals surface area contributed by atoms with Crippen molar-refractivity contribution >= 4 is 40.2 Å². The van der Waals surface area contributed by atoms with Crippen LogP contribution >= 0.6 is 0 Å². The van der Waals surface area contributed by atoms with Crippen LogP contribution < -0.4 is 9.80 Å². The van der Waals surface area contributed by atoms with E-state index in [0.29, 0.717) is 0 Å². The smallest absolute Gasteiger partial charge is 0.0555 e. The first-order chi connectivity index (χ1) is 27.5. The molecule has 0 aliphatic heterocycles. The van der Waals surface area contributed by atoms with E-state index < -0.39 is 0 Å². The minimum Gasteiger partial charge on any atom is -0.311 e. The van der Waals surface area contributed by atoms with Gasteiger partial charge in [-0.3, -0.25) is 0 Å². The van der Waals surface area contributed by atoms with Crippen LogP contribution in [0.4, 0.5) is 34.1 Å². The molecular weight excluding hydrogens is 677 g/mol. The zero-order valence-corrected chi connectivity index (χ0v) is 31.7. The highest BCUT2D eigenvalue weighted by atomic mass is 15.1. The van der Waals surface area contributed by atoms with Gasteiger partial charge < -0.3 is 9.80 Å². The topological polar surface area (TPSA) is 6.48 Å². The Morgan fingerprint density at radius 3 is 1.30 bits per heavy atom. The van der Waals surface area contributed by atoms with Crippen LogP contribution in [-0.2, 0) is 5.41 Å². The van der Waals surface area contributed by atoms with Crippen molar-refractivity contribution in [2.75, 3.05) is 9.80 Å². The first-order valence-electron chi connectivity index (χ1n) is 19.5. The number of hydrogen-bond donors (Lipinski definition) is 0. The molecule has 2 aliphatic rings. The molecule has 0 aromatic heterocycles. The zero-order valence-electron chi connectivity index (χ0n) is 31.7. The fourth-order valence-corrected chi connectivity index (χ4v) is 9.38. The van der Waals surface area contributed by atoms with Gasteiger partial charge in [0.2, 0.25) is 0 Å². The minimum atomic E-state index is -0.338. The van der Waals surface area contributed by atoms with Crippen molar-refractivity contribution in [1.29, 1.82) is 0 Å². The molecule has 0 saturated carbocycles. The third kappa shape index (κ3) is 5.33. The highest BCUT2D eigenvalue weighted by Gasteiger charge is 2.55. The fraction of sp³-hybridized carbons (Fsp3) is 0.0741. The largest absolute Gasteiger partial charge is 0.311 e. The number of para-hydroxylation sites is 3. The molecule has 0 heterocycles. The Hall–Kier alpha value is -6.90. The Balaban J connectivity index is 1.05. The first-order valence-corrected chi connectivity index (χ1v) is 19.5. The van der Waals surface area contributed by atoms with E-state index in [2.05, 4.69) is 242 Å². The van der Waals surface area contributed by atoms with E-state index in [1.807, 2.05) is 0 Å². The molecule has 2 heteroatoms. The normalized spacial score (nSPS) is 15.8. The van der Waals surface area contributed by atoms with Crippen molar-refractivity contribution in [2.24, 2.45) is 5.41 Å². The maximum Gasteiger partial charge on any atom is 0.0555 e. The predicted octanol–water partition coefficient (Wildman–Crippen LogP) is 14.7. The van der Waals surface area contributed by atoms with Gasteiger partial charge in [0.15, 0.2) is 0 Å². The molecular formula is C54H42N2. The van der Waals surface area contributed by atoms with Crippen molar-refractivity contribution in [3.05, 3.63) is 235 Å². The summed E-state index contributed by atoms with van der Waals surface area (Å²) in [6.45, 7) is 4.80. The molecule has 8 aromatic carbocycles. The van der Waals surface area contributed by atoms with Gasteiger partial charge in [0, 0.05) is 39.5 Å². The quantitative estimate of drug-likeness (QED) is 0.162. The van der Waals surface area contributed by atoms with Crippen LogP contribution in [0.15, 0.2) is 212 Å². The van der Waals surface area contributed by atoms with Crippen LogP contribution in [0.1, 0.15) is 36.1 Å². The summed E-state index contributed by atoms with van der Waals surface area (Å²) in [5.41, 5.74) is 16.6. The zero-order chi connectivity index (χ0) is 37.7. The molecule has 0 fully saturated rings. The molecule has 0 amide bonds. The van der Waals surface area contributed by atoms with Crippen LogP contribution in [0.2, 0.25) is 0 Å². The highest BCUT2D eigenvalue weighted by molar-refractivity contribution is 5.90. The Labute approximate surface area is 330 Å². The number of anilines is 6. The van der Waals surface area contributed by atoms with E-state index in [4.69, 9.17) is 0 Å². The fourth-order valence-electron chi connectivity index (χ4n) is 9.38. The molecule has 2 nitrogen and oxygen atoms in total. The summed E-state index contributed by atoms with van der Waals surface area (Å²) < 4.78 is 0. The van der Waals surface area contributed by atoms with Gasteiger partial charge in [-0.15, -0.1) is 0 Å². The van der Waals surface area contributed by atoms with Gasteiger partial charge in [-0.1, -0.05) is 159 Å². The monoisotopic (exact) mass is 718 g/mol. The summed E-state index contributed by atoms with van der Waals surface area (Å²) in [6.07, 6.45) is 4.74. The summed E-state index contributed by atoms with van der Waals surface area (Å²) in [6, 6.07) is 74.9. The Morgan fingerprint density at radius 1 is 0.339 bits per heavy atom. The van der Waals surface area contributed by atoms with Gasteiger partial charge in [0.25, 0.3) is 0 Å². The first kappa shape index (κ1) is 33.7. The molecule has 268 valence electrons. The molecule has 0 saturated heterocycles.